The Bertz CT molecular complexity index is 800. The van der Waals surface area contributed by atoms with Gasteiger partial charge in [0.15, 0.2) is 0 Å². The molecule has 0 spiro atoms. The summed E-state index contributed by atoms with van der Waals surface area (Å²) in [4.78, 5) is 12.0. The molecule has 30 heavy (non-hydrogen) atoms. The molecule has 0 aliphatic rings. The maximum absolute atomic E-state index is 14.1. The van der Waals surface area contributed by atoms with Crippen molar-refractivity contribution in [2.45, 2.75) is 64.3 Å². The number of carbonyl (C=O) groups excluding carboxylic acids is 1. The van der Waals surface area contributed by atoms with Gasteiger partial charge in [-0.3, -0.25) is 4.79 Å². The van der Waals surface area contributed by atoms with E-state index in [0.29, 0.717) is 18.7 Å². The lowest BCUT2D eigenvalue weighted by Gasteiger charge is -2.15. The monoisotopic (exact) mass is 419 g/mol. The molecule has 0 saturated heterocycles. The quantitative estimate of drug-likeness (QED) is 0.268. The number of aromatic hydroxyl groups is 1. The normalized spacial score (nSPS) is 12.9. The Morgan fingerprint density at radius 1 is 1.07 bits per heavy atom. The minimum Gasteiger partial charge on any atom is -0.508 e. The van der Waals surface area contributed by atoms with Crippen LogP contribution in [0, 0.1) is 0 Å². The standard InChI is InChI=1S/C23H31F2N3O2/c1-2-3-4-5-6-7-19(24)22(25)23(30)28-21-13-10-17(14-20(21)26)27-15-16-8-11-18(29)12-9-16/h8-14,19,22,27,29H,2-7,15,26H2,1H3,(H,28,30). The van der Waals surface area contributed by atoms with Gasteiger partial charge in [-0.05, 0) is 42.3 Å². The van der Waals surface area contributed by atoms with Gasteiger partial charge in [0.25, 0.3) is 5.91 Å². The van der Waals surface area contributed by atoms with Crippen LogP contribution in [-0.2, 0) is 11.3 Å². The van der Waals surface area contributed by atoms with Crippen molar-refractivity contribution in [1.29, 1.82) is 0 Å². The molecule has 2 atom stereocenters. The number of phenols is 1. The Balaban J connectivity index is 1.83. The Morgan fingerprint density at radius 2 is 1.77 bits per heavy atom. The molecule has 0 fully saturated rings. The summed E-state index contributed by atoms with van der Waals surface area (Å²) in [6.45, 7) is 2.60. The number of nitrogens with one attached hydrogen (secondary N) is 2. The fourth-order valence-electron chi connectivity index (χ4n) is 3.06. The number of halogens is 2. The first-order valence-corrected chi connectivity index (χ1v) is 10.4. The average Bonchev–Trinajstić information content (AvgIpc) is 2.74. The van der Waals surface area contributed by atoms with Crippen LogP contribution >= 0.6 is 0 Å². The number of benzene rings is 2. The van der Waals surface area contributed by atoms with Gasteiger partial charge >= 0.3 is 0 Å². The molecule has 0 heterocycles. The summed E-state index contributed by atoms with van der Waals surface area (Å²) in [7, 11) is 0. The zero-order valence-electron chi connectivity index (χ0n) is 17.3. The first-order chi connectivity index (χ1) is 14.4. The number of hydrogen-bond donors (Lipinski definition) is 4. The number of unbranched alkanes of at least 4 members (excludes halogenated alkanes) is 4. The van der Waals surface area contributed by atoms with Crippen molar-refractivity contribution in [2.75, 3.05) is 16.4 Å². The summed E-state index contributed by atoms with van der Waals surface area (Å²) < 4.78 is 28.2. The van der Waals surface area contributed by atoms with E-state index in [0.717, 1.165) is 31.2 Å². The molecule has 0 saturated carbocycles. The largest absolute Gasteiger partial charge is 0.508 e. The smallest absolute Gasteiger partial charge is 0.262 e. The van der Waals surface area contributed by atoms with E-state index in [-0.39, 0.29) is 23.5 Å². The maximum atomic E-state index is 14.1. The predicted octanol–water partition coefficient (Wildman–Crippen LogP) is 5.56. The summed E-state index contributed by atoms with van der Waals surface area (Å²) in [5.41, 5.74) is 8.13. The van der Waals surface area contributed by atoms with Crippen LogP contribution in [0.25, 0.3) is 0 Å². The van der Waals surface area contributed by atoms with Gasteiger partial charge in [-0.1, -0.05) is 51.2 Å². The Morgan fingerprint density at radius 3 is 2.43 bits per heavy atom. The topological polar surface area (TPSA) is 87.4 Å². The highest BCUT2D eigenvalue weighted by Gasteiger charge is 2.28. The molecular weight excluding hydrogens is 388 g/mol. The molecule has 7 heteroatoms. The van der Waals surface area contributed by atoms with Crippen LogP contribution in [0.1, 0.15) is 51.0 Å². The molecule has 0 bridgehead atoms. The molecule has 0 aromatic heterocycles. The molecule has 2 aromatic carbocycles. The minimum atomic E-state index is -2.22. The maximum Gasteiger partial charge on any atom is 0.262 e. The summed E-state index contributed by atoms with van der Waals surface area (Å²) in [6.07, 6.45) is 0.563. The van der Waals surface area contributed by atoms with E-state index in [9.17, 15) is 18.7 Å². The number of nitrogens with two attached hydrogens (primary N) is 1. The first kappa shape index (κ1) is 23.4. The lowest BCUT2D eigenvalue weighted by molar-refractivity contribution is -0.123. The summed E-state index contributed by atoms with van der Waals surface area (Å²) >= 11 is 0. The van der Waals surface area contributed by atoms with Crippen LogP contribution in [-0.4, -0.2) is 23.4 Å². The van der Waals surface area contributed by atoms with Gasteiger partial charge in [0.05, 0.1) is 11.4 Å². The van der Waals surface area contributed by atoms with Gasteiger partial charge in [-0.15, -0.1) is 0 Å². The van der Waals surface area contributed by atoms with E-state index < -0.39 is 18.3 Å². The molecule has 0 aliphatic carbocycles. The van der Waals surface area contributed by atoms with E-state index >= 15 is 0 Å². The van der Waals surface area contributed by atoms with Crippen molar-refractivity contribution in [3.05, 3.63) is 48.0 Å². The second-order valence-corrected chi connectivity index (χ2v) is 7.43. The number of anilines is 3. The SMILES string of the molecule is CCCCCCCC(F)C(F)C(=O)Nc1ccc(NCc2ccc(O)cc2)cc1N. The fourth-order valence-corrected chi connectivity index (χ4v) is 3.06. The van der Waals surface area contributed by atoms with E-state index in [2.05, 4.69) is 17.6 Å². The van der Waals surface area contributed by atoms with Crippen molar-refractivity contribution in [1.82, 2.24) is 0 Å². The third-order valence-electron chi connectivity index (χ3n) is 4.89. The summed E-state index contributed by atoms with van der Waals surface area (Å²) in [5.74, 6) is -0.825. The van der Waals surface area contributed by atoms with Crippen LogP contribution < -0.4 is 16.4 Å². The van der Waals surface area contributed by atoms with Crippen LogP contribution in [0.5, 0.6) is 5.75 Å². The number of alkyl halides is 2. The van der Waals surface area contributed by atoms with E-state index in [1.165, 1.54) is 0 Å². The van der Waals surface area contributed by atoms with Crippen LogP contribution in [0.4, 0.5) is 25.8 Å². The van der Waals surface area contributed by atoms with Gasteiger partial charge in [-0.2, -0.15) is 0 Å². The Hall–Kier alpha value is -2.83. The van der Waals surface area contributed by atoms with Gasteiger partial charge in [0.1, 0.15) is 11.9 Å². The molecule has 2 unspecified atom stereocenters. The third-order valence-corrected chi connectivity index (χ3v) is 4.89. The van der Waals surface area contributed by atoms with Gasteiger partial charge in [0.2, 0.25) is 6.17 Å². The third kappa shape index (κ3) is 7.54. The van der Waals surface area contributed by atoms with Crippen molar-refractivity contribution in [3.8, 4) is 5.75 Å². The number of hydrogen-bond acceptors (Lipinski definition) is 4. The second-order valence-electron chi connectivity index (χ2n) is 7.43. The minimum absolute atomic E-state index is 0.0356. The van der Waals surface area contributed by atoms with Crippen molar-refractivity contribution in [2.24, 2.45) is 0 Å². The molecule has 164 valence electrons. The molecule has 2 aromatic rings. The zero-order chi connectivity index (χ0) is 21.9. The summed E-state index contributed by atoms with van der Waals surface area (Å²) in [6, 6.07) is 11.6. The van der Waals surface area contributed by atoms with Gasteiger partial charge in [-0.25, -0.2) is 8.78 Å². The second kappa shape index (κ2) is 12.0. The summed E-state index contributed by atoms with van der Waals surface area (Å²) in [5, 5.41) is 14.9. The predicted molar refractivity (Wildman–Crippen MR) is 118 cm³/mol. The lowest BCUT2D eigenvalue weighted by atomic mass is 10.1. The Labute approximate surface area is 176 Å². The molecule has 1 amide bonds. The molecule has 5 N–H and O–H groups in total. The van der Waals surface area contributed by atoms with Crippen molar-refractivity contribution in [3.63, 3.8) is 0 Å². The van der Waals surface area contributed by atoms with E-state index in [1.807, 2.05) is 0 Å². The highest BCUT2D eigenvalue weighted by molar-refractivity contribution is 5.97. The lowest BCUT2D eigenvalue weighted by Crippen LogP contribution is -2.32. The molecule has 0 aliphatic heterocycles. The van der Waals surface area contributed by atoms with E-state index in [4.69, 9.17) is 5.73 Å². The van der Waals surface area contributed by atoms with Crippen molar-refractivity contribution >= 4 is 23.0 Å². The molecule has 2 rings (SSSR count). The highest BCUT2D eigenvalue weighted by atomic mass is 19.2. The molecule has 0 radical (unpaired) electrons. The average molecular weight is 420 g/mol. The van der Waals surface area contributed by atoms with Crippen LogP contribution in [0.15, 0.2) is 42.5 Å². The number of rotatable bonds is 12. The fraction of sp³-hybridized carbons (Fsp3) is 0.435. The Kier molecular flexibility index (Phi) is 9.38. The number of carbonyl (C=O) groups is 1. The van der Waals surface area contributed by atoms with Crippen molar-refractivity contribution < 1.29 is 18.7 Å². The van der Waals surface area contributed by atoms with Gasteiger partial charge in [0, 0.05) is 12.2 Å². The number of amides is 1. The van der Waals surface area contributed by atoms with Gasteiger partial charge < -0.3 is 21.5 Å². The number of phenolic OH excluding ortho intramolecular Hbond substituents is 1. The highest BCUT2D eigenvalue weighted by Crippen LogP contribution is 2.25. The van der Waals surface area contributed by atoms with E-state index in [1.54, 1.807) is 42.5 Å². The van der Waals surface area contributed by atoms with Crippen LogP contribution in [0.2, 0.25) is 0 Å². The van der Waals surface area contributed by atoms with Crippen LogP contribution in [0.3, 0.4) is 0 Å². The molecule has 5 nitrogen and oxygen atoms in total. The molecular formula is C23H31F2N3O2. The number of nitrogen functional groups attached to an aromatic ring is 1. The first-order valence-electron chi connectivity index (χ1n) is 10.4. The zero-order valence-corrected chi connectivity index (χ0v) is 17.3.